The summed E-state index contributed by atoms with van der Waals surface area (Å²) in [4.78, 5) is 12.6. The summed E-state index contributed by atoms with van der Waals surface area (Å²) in [5, 5.41) is 0. The minimum absolute atomic E-state index is 0.521. The molecule has 2 radical (unpaired) electrons. The maximum absolute atomic E-state index is 10.4. The quantitative estimate of drug-likeness (QED) is 0.496. The van der Waals surface area contributed by atoms with Gasteiger partial charge in [0, 0.05) is 5.41 Å². The van der Waals surface area contributed by atoms with E-state index in [1.165, 1.54) is 0 Å². The van der Waals surface area contributed by atoms with E-state index in [1.807, 2.05) is 7.05 Å². The van der Waals surface area contributed by atoms with Crippen LogP contribution in [0, 0.1) is 12.3 Å². The standard InChI is InChI=1S/C8H13NO/c1-8(7-10)3-5-9(2)6-4-8/h1,7H,3-6H2,2H3. The van der Waals surface area contributed by atoms with Crippen LogP contribution in [0.3, 0.4) is 0 Å². The van der Waals surface area contributed by atoms with E-state index >= 15 is 0 Å². The first kappa shape index (κ1) is 7.73. The van der Waals surface area contributed by atoms with Gasteiger partial charge in [-0.3, -0.25) is 0 Å². The summed E-state index contributed by atoms with van der Waals surface area (Å²) in [6, 6.07) is 0. The zero-order valence-corrected chi connectivity index (χ0v) is 6.34. The largest absolute Gasteiger partial charge is 0.306 e. The first-order valence-corrected chi connectivity index (χ1v) is 3.60. The van der Waals surface area contributed by atoms with Crippen LogP contribution in [-0.4, -0.2) is 31.3 Å². The molecule has 1 aliphatic heterocycles. The molecule has 0 unspecified atom stereocenters. The van der Waals surface area contributed by atoms with Crippen LogP contribution in [0.4, 0.5) is 0 Å². The second-order valence-corrected chi connectivity index (χ2v) is 3.15. The first-order chi connectivity index (χ1) is 4.66. The number of nitrogens with zero attached hydrogens (tertiary/aromatic N) is 1. The molecule has 1 rings (SSSR count). The third kappa shape index (κ3) is 1.57. The highest BCUT2D eigenvalue weighted by Gasteiger charge is 2.28. The molecule has 1 aliphatic rings. The SMILES string of the molecule is [CH]C1(C=O)CCN(C)CC1. The van der Waals surface area contributed by atoms with Crippen LogP contribution in [-0.2, 0) is 4.79 Å². The lowest BCUT2D eigenvalue weighted by Gasteiger charge is -2.32. The van der Waals surface area contributed by atoms with Gasteiger partial charge in [-0.2, -0.15) is 0 Å². The molecule has 0 bridgehead atoms. The lowest BCUT2D eigenvalue weighted by atomic mass is 9.82. The summed E-state index contributed by atoms with van der Waals surface area (Å²) in [7, 11) is 2.05. The highest BCUT2D eigenvalue weighted by Crippen LogP contribution is 2.26. The normalized spacial score (nSPS) is 26.2. The van der Waals surface area contributed by atoms with Crippen LogP contribution in [0.25, 0.3) is 0 Å². The number of carbonyl (C=O) groups excluding carboxylic acids is 1. The fourth-order valence-corrected chi connectivity index (χ4v) is 1.15. The molecule has 1 saturated heterocycles. The van der Waals surface area contributed by atoms with Gasteiger partial charge in [0.25, 0.3) is 0 Å². The van der Waals surface area contributed by atoms with Crippen molar-refractivity contribution in [1.82, 2.24) is 4.90 Å². The van der Waals surface area contributed by atoms with E-state index < -0.39 is 5.41 Å². The summed E-state index contributed by atoms with van der Waals surface area (Å²) in [6.07, 6.45) is 2.49. The predicted octanol–water partition coefficient (Wildman–Crippen LogP) is 0.608. The van der Waals surface area contributed by atoms with Crippen molar-refractivity contribution in [2.24, 2.45) is 5.41 Å². The molecular formula is C8H13NO. The first-order valence-electron chi connectivity index (χ1n) is 3.60. The number of piperidine rings is 1. The van der Waals surface area contributed by atoms with Crippen LogP contribution in [0.5, 0.6) is 0 Å². The van der Waals surface area contributed by atoms with Crippen molar-refractivity contribution < 1.29 is 4.79 Å². The predicted molar refractivity (Wildman–Crippen MR) is 39.5 cm³/mol. The highest BCUT2D eigenvalue weighted by atomic mass is 16.1. The third-order valence-corrected chi connectivity index (χ3v) is 2.15. The lowest BCUT2D eigenvalue weighted by Crippen LogP contribution is -2.37. The van der Waals surface area contributed by atoms with E-state index in [4.69, 9.17) is 6.92 Å². The van der Waals surface area contributed by atoms with Crippen LogP contribution >= 0.6 is 0 Å². The molecule has 0 aliphatic carbocycles. The summed E-state index contributed by atoms with van der Waals surface area (Å²) in [5.74, 6) is 0. The summed E-state index contributed by atoms with van der Waals surface area (Å²) in [5.41, 5.74) is -0.521. The van der Waals surface area contributed by atoms with Gasteiger partial charge in [-0.25, -0.2) is 0 Å². The highest BCUT2D eigenvalue weighted by molar-refractivity contribution is 5.60. The van der Waals surface area contributed by atoms with Gasteiger partial charge in [0.2, 0.25) is 0 Å². The Kier molecular flexibility index (Phi) is 2.09. The topological polar surface area (TPSA) is 20.3 Å². The molecule has 0 aromatic carbocycles. The van der Waals surface area contributed by atoms with Gasteiger partial charge >= 0.3 is 0 Å². The van der Waals surface area contributed by atoms with Crippen LogP contribution in [0.2, 0.25) is 0 Å². The number of likely N-dealkylation sites (tertiary alicyclic amines) is 1. The minimum Gasteiger partial charge on any atom is -0.306 e. The fourth-order valence-electron chi connectivity index (χ4n) is 1.15. The van der Waals surface area contributed by atoms with E-state index in [0.717, 1.165) is 32.2 Å². The van der Waals surface area contributed by atoms with Crippen molar-refractivity contribution in [3.63, 3.8) is 0 Å². The maximum atomic E-state index is 10.4. The second-order valence-electron chi connectivity index (χ2n) is 3.15. The van der Waals surface area contributed by atoms with Crippen LogP contribution < -0.4 is 0 Å². The molecular weight excluding hydrogens is 126 g/mol. The number of hydrogen-bond donors (Lipinski definition) is 0. The van der Waals surface area contributed by atoms with Gasteiger partial charge in [-0.1, -0.05) is 0 Å². The Balaban J connectivity index is 2.46. The van der Waals surface area contributed by atoms with Gasteiger partial charge < -0.3 is 9.69 Å². The molecule has 1 fully saturated rings. The average molecular weight is 139 g/mol. The van der Waals surface area contributed by atoms with Gasteiger partial charge in [0.05, 0.1) is 0 Å². The Bertz CT molecular complexity index is 125. The molecule has 0 saturated carbocycles. The molecule has 0 aromatic heterocycles. The van der Waals surface area contributed by atoms with E-state index in [1.54, 1.807) is 0 Å². The molecule has 0 atom stereocenters. The molecule has 10 heavy (non-hydrogen) atoms. The molecule has 0 spiro atoms. The van der Waals surface area contributed by atoms with Gasteiger partial charge in [-0.05, 0) is 39.9 Å². The maximum Gasteiger partial charge on any atom is 0.126 e. The van der Waals surface area contributed by atoms with Crippen LogP contribution in [0.1, 0.15) is 12.8 Å². The van der Waals surface area contributed by atoms with Crippen molar-refractivity contribution in [3.05, 3.63) is 6.92 Å². The van der Waals surface area contributed by atoms with E-state index in [2.05, 4.69) is 4.90 Å². The Morgan fingerprint density at radius 2 is 2.00 bits per heavy atom. The van der Waals surface area contributed by atoms with E-state index in [0.29, 0.717) is 0 Å². The molecule has 0 amide bonds. The van der Waals surface area contributed by atoms with Crippen molar-refractivity contribution in [1.29, 1.82) is 0 Å². The monoisotopic (exact) mass is 139 g/mol. The Morgan fingerprint density at radius 3 is 2.40 bits per heavy atom. The Hall–Kier alpha value is -0.370. The van der Waals surface area contributed by atoms with E-state index in [-0.39, 0.29) is 0 Å². The minimum atomic E-state index is -0.521. The van der Waals surface area contributed by atoms with Crippen molar-refractivity contribution in [3.8, 4) is 0 Å². The van der Waals surface area contributed by atoms with E-state index in [9.17, 15) is 4.79 Å². The van der Waals surface area contributed by atoms with Crippen LogP contribution in [0.15, 0.2) is 0 Å². The Morgan fingerprint density at radius 1 is 1.50 bits per heavy atom. The number of carbonyl (C=O) groups is 1. The third-order valence-electron chi connectivity index (χ3n) is 2.15. The summed E-state index contributed by atoms with van der Waals surface area (Å²) in [6.45, 7) is 7.61. The summed E-state index contributed by atoms with van der Waals surface area (Å²) >= 11 is 0. The molecule has 1 heterocycles. The average Bonchev–Trinajstić information content (AvgIpc) is 1.96. The molecule has 0 aromatic rings. The summed E-state index contributed by atoms with van der Waals surface area (Å²) < 4.78 is 0. The van der Waals surface area contributed by atoms with Crippen molar-refractivity contribution >= 4 is 6.29 Å². The molecule has 2 nitrogen and oxygen atoms in total. The lowest BCUT2D eigenvalue weighted by molar-refractivity contribution is -0.116. The molecule has 2 heteroatoms. The Labute approximate surface area is 62.2 Å². The number of hydrogen-bond acceptors (Lipinski definition) is 2. The zero-order valence-electron chi connectivity index (χ0n) is 6.34. The van der Waals surface area contributed by atoms with Crippen molar-refractivity contribution in [2.75, 3.05) is 20.1 Å². The zero-order chi connectivity index (χ0) is 7.61. The second kappa shape index (κ2) is 2.70. The number of aldehydes is 1. The van der Waals surface area contributed by atoms with Crippen molar-refractivity contribution in [2.45, 2.75) is 12.8 Å². The smallest absolute Gasteiger partial charge is 0.126 e. The van der Waals surface area contributed by atoms with Gasteiger partial charge in [-0.15, -0.1) is 0 Å². The molecule has 56 valence electrons. The van der Waals surface area contributed by atoms with Gasteiger partial charge in [0.15, 0.2) is 0 Å². The molecule has 0 N–H and O–H groups in total. The fraction of sp³-hybridized carbons (Fsp3) is 0.750. The number of rotatable bonds is 1. The van der Waals surface area contributed by atoms with Gasteiger partial charge in [0.1, 0.15) is 6.29 Å².